The maximum absolute atomic E-state index is 12.6. The molecule has 0 saturated heterocycles. The summed E-state index contributed by atoms with van der Waals surface area (Å²) < 4.78 is 22.4. The number of anilines is 1. The van der Waals surface area contributed by atoms with Gasteiger partial charge < -0.3 is 4.90 Å². The van der Waals surface area contributed by atoms with Crippen LogP contribution in [0.1, 0.15) is 44.9 Å². The third kappa shape index (κ3) is 5.11. The molecule has 1 aliphatic rings. The van der Waals surface area contributed by atoms with Gasteiger partial charge in [-0.15, -0.1) is 0 Å². The Morgan fingerprint density at radius 2 is 2.05 bits per heavy atom. The van der Waals surface area contributed by atoms with Crippen molar-refractivity contribution < 1.29 is 13.2 Å². The van der Waals surface area contributed by atoms with Crippen molar-refractivity contribution in [3.8, 4) is 0 Å². The molecule has 0 aromatic carbocycles. The van der Waals surface area contributed by atoms with Crippen LogP contribution in [-0.4, -0.2) is 32.4 Å². The molecule has 21 heavy (non-hydrogen) atoms. The predicted molar refractivity (Wildman–Crippen MR) is 87.6 cm³/mol. The molecule has 6 heteroatoms. The molecule has 1 aromatic heterocycles. The second kappa shape index (κ2) is 7.40. The first-order chi connectivity index (χ1) is 9.97. The van der Waals surface area contributed by atoms with E-state index in [1.807, 2.05) is 21.7 Å². The zero-order chi connectivity index (χ0) is 15.3. The number of carbonyl (C=O) groups is 1. The fourth-order valence-electron chi connectivity index (χ4n) is 2.90. The number of hydrogen-bond donors (Lipinski definition) is 0. The molecule has 1 amide bonds. The molecule has 2 rings (SSSR count). The Balaban J connectivity index is 2.02. The van der Waals surface area contributed by atoms with Gasteiger partial charge >= 0.3 is 0 Å². The Bertz CT molecular complexity index is 545. The number of nitrogens with zero attached hydrogens (tertiary/aromatic N) is 1. The van der Waals surface area contributed by atoms with Crippen LogP contribution in [0.2, 0.25) is 0 Å². The van der Waals surface area contributed by atoms with Crippen molar-refractivity contribution in [2.24, 2.45) is 0 Å². The van der Waals surface area contributed by atoms with Crippen molar-refractivity contribution in [1.29, 1.82) is 0 Å². The molecule has 118 valence electrons. The van der Waals surface area contributed by atoms with E-state index in [4.69, 9.17) is 0 Å². The molecule has 1 heterocycles. The fourth-order valence-corrected chi connectivity index (χ4v) is 4.19. The summed E-state index contributed by atoms with van der Waals surface area (Å²) in [4.78, 5) is 14.5. The second-order valence-corrected chi connectivity index (χ2v) is 8.81. The van der Waals surface area contributed by atoms with E-state index in [9.17, 15) is 13.2 Å². The Morgan fingerprint density at radius 1 is 1.33 bits per heavy atom. The highest BCUT2D eigenvalue weighted by atomic mass is 32.2. The van der Waals surface area contributed by atoms with Crippen LogP contribution in [0.3, 0.4) is 0 Å². The Morgan fingerprint density at radius 3 is 2.62 bits per heavy atom. The lowest BCUT2D eigenvalue weighted by molar-refractivity contribution is -0.119. The van der Waals surface area contributed by atoms with E-state index in [0.29, 0.717) is 12.8 Å². The van der Waals surface area contributed by atoms with Gasteiger partial charge in [0.25, 0.3) is 0 Å². The lowest BCUT2D eigenvalue weighted by Crippen LogP contribution is -2.41. The van der Waals surface area contributed by atoms with Crippen LogP contribution in [0, 0.1) is 0 Å². The zero-order valence-corrected chi connectivity index (χ0v) is 14.1. The SMILES string of the molecule is CS(=O)(=O)CCCC(=O)N(c1ccsc1)C1CCCCC1. The number of sulfone groups is 1. The molecule has 0 aliphatic heterocycles. The van der Waals surface area contributed by atoms with Crippen molar-refractivity contribution in [2.75, 3.05) is 16.9 Å². The highest BCUT2D eigenvalue weighted by Crippen LogP contribution is 2.29. The summed E-state index contributed by atoms with van der Waals surface area (Å²) in [5.74, 6) is 0.143. The minimum absolute atomic E-state index is 0.0592. The van der Waals surface area contributed by atoms with Crippen molar-refractivity contribution >= 4 is 32.8 Å². The van der Waals surface area contributed by atoms with E-state index in [-0.39, 0.29) is 17.7 Å². The standard InChI is InChI=1S/C15H23NO3S2/c1-21(18,19)11-5-8-15(17)16(14-9-10-20-12-14)13-6-3-2-4-7-13/h9-10,12-13H,2-8,11H2,1H3. The molecule has 0 spiro atoms. The second-order valence-electron chi connectivity index (χ2n) is 5.77. The molecule has 0 N–H and O–H groups in total. The third-order valence-electron chi connectivity index (χ3n) is 3.90. The van der Waals surface area contributed by atoms with Gasteiger partial charge in [-0.3, -0.25) is 4.79 Å². The summed E-state index contributed by atoms with van der Waals surface area (Å²) in [5, 5.41) is 3.98. The first kappa shape index (κ1) is 16.5. The molecule has 1 saturated carbocycles. The number of amides is 1. The maximum atomic E-state index is 12.6. The van der Waals surface area contributed by atoms with E-state index in [1.54, 1.807) is 11.3 Å². The average Bonchev–Trinajstić information content (AvgIpc) is 2.92. The smallest absolute Gasteiger partial charge is 0.227 e. The molecule has 0 atom stereocenters. The van der Waals surface area contributed by atoms with Gasteiger partial charge in [-0.25, -0.2) is 8.42 Å². The first-order valence-electron chi connectivity index (χ1n) is 7.49. The molecule has 1 aromatic rings. The predicted octanol–water partition coefficient (Wildman–Crippen LogP) is 3.24. The summed E-state index contributed by atoms with van der Waals surface area (Å²) in [5.41, 5.74) is 0.969. The first-order valence-corrected chi connectivity index (χ1v) is 10.5. The molecular formula is C15H23NO3S2. The van der Waals surface area contributed by atoms with Crippen LogP contribution in [0.25, 0.3) is 0 Å². The minimum atomic E-state index is -2.99. The highest BCUT2D eigenvalue weighted by molar-refractivity contribution is 7.90. The largest absolute Gasteiger partial charge is 0.309 e. The van der Waals surface area contributed by atoms with Crippen LogP contribution in [0.5, 0.6) is 0 Å². The summed E-state index contributed by atoms with van der Waals surface area (Å²) in [6.07, 6.45) is 7.61. The lowest BCUT2D eigenvalue weighted by atomic mass is 9.93. The molecule has 0 bridgehead atoms. The van der Waals surface area contributed by atoms with E-state index in [0.717, 1.165) is 18.5 Å². The molecular weight excluding hydrogens is 306 g/mol. The van der Waals surface area contributed by atoms with Gasteiger partial charge in [0.2, 0.25) is 5.91 Å². The van der Waals surface area contributed by atoms with Gasteiger partial charge in [-0.1, -0.05) is 19.3 Å². The molecule has 1 aliphatic carbocycles. The zero-order valence-electron chi connectivity index (χ0n) is 12.5. The van der Waals surface area contributed by atoms with Crippen LogP contribution >= 0.6 is 11.3 Å². The van der Waals surface area contributed by atoms with Gasteiger partial charge in [0.15, 0.2) is 0 Å². The van der Waals surface area contributed by atoms with Crippen molar-refractivity contribution in [3.05, 3.63) is 16.8 Å². The highest BCUT2D eigenvalue weighted by Gasteiger charge is 2.26. The van der Waals surface area contributed by atoms with Crippen LogP contribution < -0.4 is 4.90 Å². The Labute approximate surface area is 131 Å². The Hall–Kier alpha value is -0.880. The van der Waals surface area contributed by atoms with Gasteiger partial charge in [0, 0.05) is 24.1 Å². The van der Waals surface area contributed by atoms with Gasteiger partial charge in [0.1, 0.15) is 9.84 Å². The van der Waals surface area contributed by atoms with E-state index < -0.39 is 9.84 Å². The molecule has 4 nitrogen and oxygen atoms in total. The molecule has 1 fully saturated rings. The molecule has 0 radical (unpaired) electrons. The van der Waals surface area contributed by atoms with E-state index >= 15 is 0 Å². The van der Waals surface area contributed by atoms with Crippen molar-refractivity contribution in [3.63, 3.8) is 0 Å². The summed E-state index contributed by atoms with van der Waals surface area (Å²) in [6, 6.07) is 2.26. The number of rotatable bonds is 6. The van der Waals surface area contributed by atoms with Crippen molar-refractivity contribution in [1.82, 2.24) is 0 Å². The van der Waals surface area contributed by atoms with E-state index in [2.05, 4.69) is 0 Å². The average molecular weight is 329 g/mol. The normalized spacial score (nSPS) is 16.8. The lowest BCUT2D eigenvalue weighted by Gasteiger charge is -2.34. The summed E-state index contributed by atoms with van der Waals surface area (Å²) in [6.45, 7) is 0. The maximum Gasteiger partial charge on any atom is 0.227 e. The fraction of sp³-hybridized carbons (Fsp3) is 0.667. The van der Waals surface area contributed by atoms with Gasteiger partial charge in [0.05, 0.1) is 11.4 Å². The Kier molecular flexibility index (Phi) is 5.81. The number of carbonyl (C=O) groups excluding carboxylic acids is 1. The van der Waals surface area contributed by atoms with Crippen molar-refractivity contribution in [2.45, 2.75) is 51.0 Å². The topological polar surface area (TPSA) is 54.5 Å². The molecule has 0 unspecified atom stereocenters. The van der Waals surface area contributed by atoms with Crippen LogP contribution in [0.4, 0.5) is 5.69 Å². The number of thiophene rings is 1. The third-order valence-corrected chi connectivity index (χ3v) is 5.60. The number of hydrogen-bond acceptors (Lipinski definition) is 4. The quantitative estimate of drug-likeness (QED) is 0.805. The van der Waals surface area contributed by atoms with Crippen LogP contribution in [0.15, 0.2) is 16.8 Å². The van der Waals surface area contributed by atoms with E-state index in [1.165, 1.54) is 25.5 Å². The monoisotopic (exact) mass is 329 g/mol. The summed E-state index contributed by atoms with van der Waals surface area (Å²) >= 11 is 1.59. The van der Waals surface area contributed by atoms with Crippen LogP contribution in [-0.2, 0) is 14.6 Å². The summed E-state index contributed by atoms with van der Waals surface area (Å²) in [7, 11) is -2.99. The van der Waals surface area contributed by atoms with Gasteiger partial charge in [-0.2, -0.15) is 11.3 Å². The minimum Gasteiger partial charge on any atom is -0.309 e. The van der Waals surface area contributed by atoms with Gasteiger partial charge in [-0.05, 0) is 30.7 Å².